The maximum absolute atomic E-state index is 5.75. The minimum atomic E-state index is 0.579. The molecule has 0 aliphatic carbocycles. The Morgan fingerprint density at radius 1 is 1.36 bits per heavy atom. The maximum atomic E-state index is 5.75. The van der Waals surface area contributed by atoms with Crippen LogP contribution in [-0.4, -0.2) is 57.0 Å². The molecule has 1 aliphatic heterocycles. The summed E-state index contributed by atoms with van der Waals surface area (Å²) < 4.78 is 11.1. The van der Waals surface area contributed by atoms with Gasteiger partial charge >= 0.3 is 0 Å². The van der Waals surface area contributed by atoms with Crippen LogP contribution < -0.4 is 10.6 Å². The first-order valence-electron chi connectivity index (χ1n) is 10.5. The van der Waals surface area contributed by atoms with Crippen molar-refractivity contribution in [1.82, 2.24) is 15.6 Å². The van der Waals surface area contributed by atoms with Crippen LogP contribution in [-0.2, 0) is 15.9 Å². The molecular formula is C22H34N4O2. The lowest BCUT2D eigenvalue weighted by atomic mass is 10.1. The van der Waals surface area contributed by atoms with Crippen molar-refractivity contribution >= 4 is 16.9 Å². The minimum Gasteiger partial charge on any atom is -0.381 e. The van der Waals surface area contributed by atoms with Gasteiger partial charge in [-0.3, -0.25) is 4.99 Å². The van der Waals surface area contributed by atoms with Gasteiger partial charge in [0.2, 0.25) is 0 Å². The quantitative estimate of drug-likeness (QED) is 0.333. The van der Waals surface area contributed by atoms with E-state index in [1.165, 1.54) is 22.0 Å². The highest BCUT2D eigenvalue weighted by molar-refractivity contribution is 5.86. The fourth-order valence-corrected chi connectivity index (χ4v) is 3.55. The summed E-state index contributed by atoms with van der Waals surface area (Å²) in [6, 6.07) is 6.45. The van der Waals surface area contributed by atoms with E-state index in [4.69, 9.17) is 9.47 Å². The lowest BCUT2D eigenvalue weighted by molar-refractivity contribution is 0.0893. The molecule has 1 saturated heterocycles. The molecule has 6 heteroatoms. The van der Waals surface area contributed by atoms with E-state index in [9.17, 15) is 0 Å². The Balaban J connectivity index is 1.38. The number of hydrogen-bond acceptors (Lipinski definition) is 3. The molecule has 3 rings (SSSR count). The number of nitrogens with one attached hydrogen (secondary N) is 3. The van der Waals surface area contributed by atoms with Crippen LogP contribution in [0.15, 0.2) is 29.4 Å². The van der Waals surface area contributed by atoms with Crippen LogP contribution in [0.3, 0.4) is 0 Å². The van der Waals surface area contributed by atoms with Gasteiger partial charge in [-0.25, -0.2) is 0 Å². The molecule has 2 aromatic rings. The van der Waals surface area contributed by atoms with Crippen molar-refractivity contribution in [2.24, 2.45) is 10.9 Å². The van der Waals surface area contributed by atoms with Gasteiger partial charge in [0.1, 0.15) is 0 Å². The molecule has 3 N–H and O–H groups in total. The van der Waals surface area contributed by atoms with E-state index in [1.54, 1.807) is 0 Å². The predicted molar refractivity (Wildman–Crippen MR) is 115 cm³/mol. The first-order chi connectivity index (χ1) is 13.8. The van der Waals surface area contributed by atoms with E-state index >= 15 is 0 Å². The van der Waals surface area contributed by atoms with Crippen LogP contribution in [0.4, 0.5) is 0 Å². The molecule has 1 atom stereocenters. The zero-order valence-corrected chi connectivity index (χ0v) is 17.2. The monoisotopic (exact) mass is 386 g/mol. The smallest absolute Gasteiger partial charge is 0.191 e. The molecule has 28 heavy (non-hydrogen) atoms. The number of guanidine groups is 1. The molecule has 154 valence electrons. The largest absolute Gasteiger partial charge is 0.381 e. The summed E-state index contributed by atoms with van der Waals surface area (Å²) >= 11 is 0. The third kappa shape index (κ3) is 5.97. The van der Waals surface area contributed by atoms with E-state index in [2.05, 4.69) is 58.9 Å². The van der Waals surface area contributed by atoms with Gasteiger partial charge in [-0.15, -0.1) is 0 Å². The molecule has 0 saturated carbocycles. The molecule has 0 bridgehead atoms. The highest BCUT2D eigenvalue weighted by Crippen LogP contribution is 2.21. The van der Waals surface area contributed by atoms with Crippen molar-refractivity contribution in [2.75, 3.05) is 46.1 Å². The van der Waals surface area contributed by atoms with Crippen molar-refractivity contribution in [3.8, 4) is 0 Å². The second-order valence-electron chi connectivity index (χ2n) is 7.41. The Morgan fingerprint density at radius 2 is 2.29 bits per heavy atom. The van der Waals surface area contributed by atoms with Crippen molar-refractivity contribution in [3.05, 3.63) is 35.5 Å². The van der Waals surface area contributed by atoms with Gasteiger partial charge in [-0.1, -0.05) is 18.2 Å². The predicted octanol–water partition coefficient (Wildman–Crippen LogP) is 3.02. The zero-order valence-electron chi connectivity index (χ0n) is 17.2. The van der Waals surface area contributed by atoms with E-state index in [0.717, 1.165) is 71.3 Å². The first kappa shape index (κ1) is 20.7. The molecule has 0 amide bonds. The molecule has 1 aromatic heterocycles. The second-order valence-corrected chi connectivity index (χ2v) is 7.41. The van der Waals surface area contributed by atoms with Crippen molar-refractivity contribution in [2.45, 2.75) is 33.1 Å². The molecule has 1 aromatic carbocycles. The zero-order chi connectivity index (χ0) is 19.6. The third-order valence-electron chi connectivity index (χ3n) is 5.13. The van der Waals surface area contributed by atoms with Gasteiger partial charge in [0.25, 0.3) is 0 Å². The van der Waals surface area contributed by atoms with Crippen LogP contribution in [0.1, 0.15) is 30.9 Å². The second kappa shape index (κ2) is 11.1. The number of para-hydroxylation sites is 1. The van der Waals surface area contributed by atoms with Gasteiger partial charge in [-0.05, 0) is 44.2 Å². The van der Waals surface area contributed by atoms with Crippen LogP contribution in [0.25, 0.3) is 10.9 Å². The van der Waals surface area contributed by atoms with Crippen LogP contribution in [0.2, 0.25) is 0 Å². The average Bonchev–Trinajstić information content (AvgIpc) is 3.35. The Bertz CT molecular complexity index is 750. The molecule has 1 unspecified atom stereocenters. The first-order valence-corrected chi connectivity index (χ1v) is 10.5. The van der Waals surface area contributed by atoms with E-state index in [0.29, 0.717) is 5.92 Å². The summed E-state index contributed by atoms with van der Waals surface area (Å²) in [5.41, 5.74) is 3.86. The molecule has 2 heterocycles. The van der Waals surface area contributed by atoms with Gasteiger partial charge in [-0.2, -0.15) is 0 Å². The van der Waals surface area contributed by atoms with E-state index in [-0.39, 0.29) is 0 Å². The number of aliphatic imine (C=N–C) groups is 1. The summed E-state index contributed by atoms with van der Waals surface area (Å²) in [5.74, 6) is 1.46. The highest BCUT2D eigenvalue weighted by Gasteiger charge is 2.15. The standard InChI is InChI=1S/C22H34N4O2/c1-3-23-22(24-10-5-12-27-15-18-9-13-28-16-18)25-11-8-19-14-26-21-17(2)6-4-7-20(19)21/h4,6-7,14,18,26H,3,5,8-13,15-16H2,1-2H3,(H2,23,24,25). The number of H-pyrrole nitrogens is 1. The molecular weight excluding hydrogens is 352 g/mol. The van der Waals surface area contributed by atoms with Crippen LogP contribution in [0, 0.1) is 12.8 Å². The van der Waals surface area contributed by atoms with Gasteiger partial charge in [0.15, 0.2) is 5.96 Å². The number of ether oxygens (including phenoxy) is 2. The Hall–Kier alpha value is -2.05. The average molecular weight is 387 g/mol. The lowest BCUT2D eigenvalue weighted by Gasteiger charge is -2.11. The normalized spacial score (nSPS) is 17.4. The molecule has 1 fully saturated rings. The van der Waals surface area contributed by atoms with Crippen molar-refractivity contribution < 1.29 is 9.47 Å². The molecule has 0 spiro atoms. The van der Waals surface area contributed by atoms with Crippen molar-refractivity contribution in [3.63, 3.8) is 0 Å². The SMILES string of the molecule is CCNC(=NCCCOCC1CCOC1)NCCc1c[nH]c2c(C)cccc12. The number of aromatic amines is 1. The number of nitrogens with zero attached hydrogens (tertiary/aromatic N) is 1. The van der Waals surface area contributed by atoms with Gasteiger partial charge in [0, 0.05) is 55.9 Å². The highest BCUT2D eigenvalue weighted by atomic mass is 16.5. The molecule has 1 aliphatic rings. The number of aryl methyl sites for hydroxylation is 1. The summed E-state index contributed by atoms with van der Waals surface area (Å²) in [6.45, 7) is 10.0. The number of rotatable bonds is 10. The Labute approximate surface area is 168 Å². The van der Waals surface area contributed by atoms with Gasteiger partial charge in [0.05, 0.1) is 13.2 Å². The summed E-state index contributed by atoms with van der Waals surface area (Å²) in [6.07, 6.45) is 5.14. The number of benzene rings is 1. The summed E-state index contributed by atoms with van der Waals surface area (Å²) in [7, 11) is 0. The van der Waals surface area contributed by atoms with Gasteiger partial charge < -0.3 is 25.1 Å². The molecule has 0 radical (unpaired) electrons. The lowest BCUT2D eigenvalue weighted by Crippen LogP contribution is -2.38. The molecule has 6 nitrogen and oxygen atoms in total. The van der Waals surface area contributed by atoms with Crippen LogP contribution >= 0.6 is 0 Å². The topological polar surface area (TPSA) is 70.7 Å². The number of aromatic nitrogens is 1. The Kier molecular flexibility index (Phi) is 8.18. The summed E-state index contributed by atoms with van der Waals surface area (Å²) in [5, 5.41) is 8.07. The van der Waals surface area contributed by atoms with E-state index in [1.807, 2.05) is 0 Å². The Morgan fingerprint density at radius 3 is 3.11 bits per heavy atom. The van der Waals surface area contributed by atoms with E-state index < -0.39 is 0 Å². The van der Waals surface area contributed by atoms with Crippen LogP contribution in [0.5, 0.6) is 0 Å². The van der Waals surface area contributed by atoms with Crippen molar-refractivity contribution in [1.29, 1.82) is 0 Å². The fourth-order valence-electron chi connectivity index (χ4n) is 3.55. The fraction of sp³-hybridized carbons (Fsp3) is 0.591. The summed E-state index contributed by atoms with van der Waals surface area (Å²) in [4.78, 5) is 8.06. The maximum Gasteiger partial charge on any atom is 0.191 e. The number of fused-ring (bicyclic) bond motifs is 1. The number of hydrogen-bond donors (Lipinski definition) is 3. The minimum absolute atomic E-state index is 0.579. The third-order valence-corrected chi connectivity index (χ3v) is 5.13.